The van der Waals surface area contributed by atoms with Gasteiger partial charge in [0.15, 0.2) is 0 Å². The topological polar surface area (TPSA) is 75.8 Å². The summed E-state index contributed by atoms with van der Waals surface area (Å²) in [5.41, 5.74) is 6.34. The number of carbonyl (C=O) groups is 1. The minimum Gasteiger partial charge on any atom is -0.390 e. The Morgan fingerprint density at radius 1 is 1.52 bits per heavy atom. The Hall–Kier alpha value is -1.43. The van der Waals surface area contributed by atoms with Gasteiger partial charge in [-0.05, 0) is 50.4 Å². The summed E-state index contributed by atoms with van der Waals surface area (Å²) in [5, 5.41) is 10.7. The van der Waals surface area contributed by atoms with Crippen molar-refractivity contribution in [1.29, 1.82) is 0 Å². The zero-order valence-electron chi connectivity index (χ0n) is 13.7. The molecule has 1 aromatic carbocycles. The van der Waals surface area contributed by atoms with Gasteiger partial charge in [-0.1, -0.05) is 12.1 Å². The fraction of sp³-hybridized carbons (Fsp3) is 0.611. The highest BCUT2D eigenvalue weighted by Gasteiger charge is 2.43. The molecule has 0 radical (unpaired) electrons. The Bertz CT molecular complexity index is 573. The molecule has 0 saturated carbocycles. The molecule has 2 aliphatic rings. The van der Waals surface area contributed by atoms with Crippen LogP contribution < -0.4 is 5.73 Å². The first-order chi connectivity index (χ1) is 11.0. The molecular formula is C18H26N2O3. The van der Waals surface area contributed by atoms with Gasteiger partial charge >= 0.3 is 0 Å². The fourth-order valence-corrected chi connectivity index (χ4v) is 3.94. The van der Waals surface area contributed by atoms with Crippen LogP contribution in [-0.4, -0.2) is 47.3 Å². The van der Waals surface area contributed by atoms with Gasteiger partial charge in [-0.2, -0.15) is 0 Å². The Kier molecular flexibility index (Phi) is 4.71. The van der Waals surface area contributed by atoms with Crippen LogP contribution in [0.3, 0.4) is 0 Å². The van der Waals surface area contributed by atoms with Crippen molar-refractivity contribution in [2.45, 2.75) is 44.4 Å². The average Bonchev–Trinajstić information content (AvgIpc) is 2.95. The lowest BCUT2D eigenvalue weighted by Gasteiger charge is -2.43. The summed E-state index contributed by atoms with van der Waals surface area (Å²) in [6, 6.07) is 7.83. The zero-order chi connectivity index (χ0) is 16.4. The van der Waals surface area contributed by atoms with Crippen molar-refractivity contribution in [3.63, 3.8) is 0 Å². The van der Waals surface area contributed by atoms with Gasteiger partial charge in [0.25, 0.3) is 0 Å². The third-order valence-electron chi connectivity index (χ3n) is 5.32. The second-order valence-electron chi connectivity index (χ2n) is 7.03. The van der Waals surface area contributed by atoms with Crippen molar-refractivity contribution in [3.8, 4) is 0 Å². The van der Waals surface area contributed by atoms with Gasteiger partial charge in [0, 0.05) is 30.7 Å². The van der Waals surface area contributed by atoms with Crippen LogP contribution in [-0.2, 0) is 11.3 Å². The number of amides is 1. The number of rotatable bonds is 4. The van der Waals surface area contributed by atoms with Crippen molar-refractivity contribution < 1.29 is 14.6 Å². The molecule has 5 nitrogen and oxygen atoms in total. The summed E-state index contributed by atoms with van der Waals surface area (Å²) in [4.78, 5) is 13.8. The molecule has 0 bridgehead atoms. The number of benzene rings is 1. The summed E-state index contributed by atoms with van der Waals surface area (Å²) >= 11 is 0. The zero-order valence-corrected chi connectivity index (χ0v) is 13.7. The molecule has 3 atom stereocenters. The molecule has 2 fully saturated rings. The van der Waals surface area contributed by atoms with E-state index < -0.39 is 11.5 Å². The monoisotopic (exact) mass is 318 g/mol. The number of aliphatic hydroxyl groups is 1. The molecule has 2 saturated heterocycles. The van der Waals surface area contributed by atoms with Crippen LogP contribution in [0.15, 0.2) is 24.3 Å². The quantitative estimate of drug-likeness (QED) is 0.883. The van der Waals surface area contributed by atoms with Crippen LogP contribution in [0.5, 0.6) is 0 Å². The molecule has 1 amide bonds. The molecule has 2 aliphatic heterocycles. The van der Waals surface area contributed by atoms with Crippen molar-refractivity contribution in [2.24, 2.45) is 11.7 Å². The van der Waals surface area contributed by atoms with E-state index in [0.29, 0.717) is 31.2 Å². The number of likely N-dealkylation sites (tertiary alicyclic amines) is 1. The first kappa shape index (κ1) is 16.4. The summed E-state index contributed by atoms with van der Waals surface area (Å²) in [7, 11) is 0. The maximum absolute atomic E-state index is 11.3. The summed E-state index contributed by atoms with van der Waals surface area (Å²) in [6.07, 6.45) is 2.91. The van der Waals surface area contributed by atoms with E-state index in [4.69, 9.17) is 10.5 Å². The highest BCUT2D eigenvalue weighted by Crippen LogP contribution is 2.36. The molecule has 0 spiro atoms. The summed E-state index contributed by atoms with van der Waals surface area (Å²) in [5.74, 6) is -0.258. The molecule has 2 heterocycles. The molecule has 0 aromatic heterocycles. The van der Waals surface area contributed by atoms with Crippen molar-refractivity contribution in [2.75, 3.05) is 19.8 Å². The lowest BCUT2D eigenvalue weighted by Crippen LogP contribution is -2.52. The van der Waals surface area contributed by atoms with Crippen LogP contribution in [0, 0.1) is 5.92 Å². The average molecular weight is 318 g/mol. The summed E-state index contributed by atoms with van der Waals surface area (Å²) in [6.45, 7) is 4.98. The van der Waals surface area contributed by atoms with Gasteiger partial charge in [0.1, 0.15) is 0 Å². The number of primary amides is 1. The second-order valence-corrected chi connectivity index (χ2v) is 7.03. The lowest BCUT2D eigenvalue weighted by atomic mass is 9.79. The van der Waals surface area contributed by atoms with Crippen LogP contribution in [0.2, 0.25) is 0 Å². The molecule has 3 rings (SSSR count). The Morgan fingerprint density at radius 2 is 2.35 bits per heavy atom. The number of hydrogen-bond donors (Lipinski definition) is 2. The number of hydrogen-bond acceptors (Lipinski definition) is 4. The fourth-order valence-electron chi connectivity index (χ4n) is 3.94. The lowest BCUT2D eigenvalue weighted by molar-refractivity contribution is -0.123. The van der Waals surface area contributed by atoms with Crippen molar-refractivity contribution in [1.82, 2.24) is 4.90 Å². The van der Waals surface area contributed by atoms with E-state index in [-0.39, 0.29) is 5.92 Å². The second kappa shape index (κ2) is 6.59. The van der Waals surface area contributed by atoms with Gasteiger partial charge in [0.2, 0.25) is 5.91 Å². The predicted octanol–water partition coefficient (Wildman–Crippen LogP) is 1.54. The third kappa shape index (κ3) is 3.57. The highest BCUT2D eigenvalue weighted by atomic mass is 16.5. The van der Waals surface area contributed by atoms with E-state index in [1.165, 1.54) is 0 Å². The first-order valence-corrected chi connectivity index (χ1v) is 8.40. The van der Waals surface area contributed by atoms with Gasteiger partial charge in [-0.15, -0.1) is 0 Å². The normalized spacial score (nSPS) is 32.1. The largest absolute Gasteiger partial charge is 0.390 e. The number of nitrogens with zero attached hydrogens (tertiary/aromatic N) is 1. The van der Waals surface area contributed by atoms with E-state index >= 15 is 0 Å². The van der Waals surface area contributed by atoms with Crippen LogP contribution in [0.1, 0.15) is 42.1 Å². The minimum absolute atomic E-state index is 0.137. The molecule has 0 aliphatic carbocycles. The van der Waals surface area contributed by atoms with E-state index in [2.05, 4.69) is 4.90 Å². The van der Waals surface area contributed by atoms with Crippen molar-refractivity contribution >= 4 is 5.91 Å². The van der Waals surface area contributed by atoms with Gasteiger partial charge < -0.3 is 15.6 Å². The van der Waals surface area contributed by atoms with E-state index in [1.54, 1.807) is 6.07 Å². The van der Waals surface area contributed by atoms with Crippen LogP contribution in [0.25, 0.3) is 0 Å². The van der Waals surface area contributed by atoms with Crippen molar-refractivity contribution in [3.05, 3.63) is 35.4 Å². The Labute approximate surface area is 137 Å². The van der Waals surface area contributed by atoms with E-state index in [9.17, 15) is 9.90 Å². The minimum atomic E-state index is -0.666. The summed E-state index contributed by atoms with van der Waals surface area (Å²) < 4.78 is 5.63. The molecular weight excluding hydrogens is 292 g/mol. The maximum Gasteiger partial charge on any atom is 0.248 e. The van der Waals surface area contributed by atoms with Gasteiger partial charge in [-0.3, -0.25) is 9.69 Å². The van der Waals surface area contributed by atoms with Gasteiger partial charge in [0.05, 0.1) is 12.2 Å². The van der Waals surface area contributed by atoms with Crippen LogP contribution >= 0.6 is 0 Å². The maximum atomic E-state index is 11.3. The molecule has 1 aromatic rings. The number of carbonyl (C=O) groups excluding carboxylic acids is 1. The van der Waals surface area contributed by atoms with Gasteiger partial charge in [-0.25, -0.2) is 0 Å². The molecule has 0 unspecified atom stereocenters. The Balaban J connectivity index is 1.74. The van der Waals surface area contributed by atoms with E-state index in [0.717, 1.165) is 31.5 Å². The molecule has 3 N–H and O–H groups in total. The third-order valence-corrected chi connectivity index (χ3v) is 5.32. The highest BCUT2D eigenvalue weighted by molar-refractivity contribution is 5.92. The molecule has 5 heteroatoms. The first-order valence-electron chi connectivity index (χ1n) is 8.40. The number of ether oxygens (including phenoxy) is 1. The SMILES string of the molecule is C[C@]1(O)CCOC[C@H]1[C@@H]1CCCN1Cc1cccc(C(N)=O)c1. The number of nitrogens with two attached hydrogens (primary N) is 1. The molecule has 126 valence electrons. The molecule has 23 heavy (non-hydrogen) atoms. The predicted molar refractivity (Wildman–Crippen MR) is 87.9 cm³/mol. The standard InChI is InChI=1S/C18H26N2O3/c1-18(22)7-9-23-12-15(18)16-6-3-8-20(16)11-13-4-2-5-14(10-13)17(19)21/h2,4-5,10,15-16,22H,3,6-9,11-12H2,1H3,(H2,19,21)/t15-,16-,18-/m0/s1. The smallest absolute Gasteiger partial charge is 0.248 e. The van der Waals surface area contributed by atoms with E-state index in [1.807, 2.05) is 25.1 Å². The van der Waals surface area contributed by atoms with Crippen LogP contribution in [0.4, 0.5) is 0 Å². The Morgan fingerprint density at radius 3 is 3.09 bits per heavy atom.